The van der Waals surface area contributed by atoms with Crippen LogP contribution in [-0.4, -0.2) is 32.2 Å². The van der Waals surface area contributed by atoms with Crippen molar-refractivity contribution in [3.8, 4) is 11.3 Å². The molecule has 5 N–H and O–H groups in total. The Morgan fingerprint density at radius 1 is 1.29 bits per heavy atom. The monoisotopic (exact) mass is 326 g/mol. The maximum Gasteiger partial charge on any atom is 0.211 e. The molecule has 114 valence electrons. The normalized spacial score (nSPS) is 11.7. The molecule has 0 aliphatic carbocycles. The number of rotatable bonds is 7. The van der Waals surface area contributed by atoms with E-state index in [0.29, 0.717) is 11.6 Å². The van der Waals surface area contributed by atoms with Crippen molar-refractivity contribution in [3.63, 3.8) is 0 Å². The number of benzene rings is 1. The Bertz CT molecular complexity index is 698. The molecule has 0 radical (unpaired) electrons. The Morgan fingerprint density at radius 2 is 2.05 bits per heavy atom. The van der Waals surface area contributed by atoms with Gasteiger partial charge in [-0.3, -0.25) is 0 Å². The molecular weight excluding hydrogens is 308 g/mol. The second-order valence-electron chi connectivity index (χ2n) is 4.48. The summed E-state index contributed by atoms with van der Waals surface area (Å²) in [5, 5.41) is 2.37. The first-order chi connectivity index (χ1) is 10.0. The molecule has 2 aromatic rings. The zero-order valence-electron chi connectivity index (χ0n) is 11.5. The van der Waals surface area contributed by atoms with Crippen molar-refractivity contribution in [3.05, 3.63) is 35.2 Å². The lowest BCUT2D eigenvalue weighted by molar-refractivity contribution is 0.581. The topological polar surface area (TPSA) is 111 Å². The first kappa shape index (κ1) is 15.9. The van der Waals surface area contributed by atoms with Crippen molar-refractivity contribution >= 4 is 26.5 Å². The predicted molar refractivity (Wildman–Crippen MR) is 86.5 cm³/mol. The first-order valence-electron chi connectivity index (χ1n) is 6.48. The highest BCUT2D eigenvalue weighted by Gasteiger charge is 2.13. The first-order valence-corrected chi connectivity index (χ1v) is 9.02. The van der Waals surface area contributed by atoms with Crippen molar-refractivity contribution in [1.29, 1.82) is 0 Å². The maximum atomic E-state index is 11.8. The van der Waals surface area contributed by atoms with E-state index in [1.165, 1.54) is 11.3 Å². The zero-order valence-corrected chi connectivity index (χ0v) is 13.1. The van der Waals surface area contributed by atoms with Gasteiger partial charge in [-0.2, -0.15) is 0 Å². The van der Waals surface area contributed by atoms with E-state index in [1.54, 1.807) is 0 Å². The molecule has 0 saturated carbocycles. The highest BCUT2D eigenvalue weighted by Crippen LogP contribution is 2.26. The van der Waals surface area contributed by atoms with Gasteiger partial charge in [0.2, 0.25) is 10.0 Å². The molecule has 1 aromatic heterocycles. The van der Waals surface area contributed by atoms with Gasteiger partial charge in [0.05, 0.1) is 11.4 Å². The highest BCUT2D eigenvalue weighted by molar-refractivity contribution is 7.89. The van der Waals surface area contributed by atoms with Crippen molar-refractivity contribution in [2.45, 2.75) is 6.42 Å². The van der Waals surface area contributed by atoms with Crippen molar-refractivity contribution in [2.24, 2.45) is 5.73 Å². The van der Waals surface area contributed by atoms with Gasteiger partial charge in [0.25, 0.3) is 0 Å². The van der Waals surface area contributed by atoms with E-state index in [-0.39, 0.29) is 18.8 Å². The third-order valence-electron chi connectivity index (χ3n) is 2.92. The van der Waals surface area contributed by atoms with Gasteiger partial charge in [0.15, 0.2) is 5.13 Å². The Balaban J connectivity index is 2.14. The van der Waals surface area contributed by atoms with E-state index >= 15 is 0 Å². The van der Waals surface area contributed by atoms with Crippen molar-refractivity contribution in [1.82, 2.24) is 9.71 Å². The fourth-order valence-corrected chi connectivity index (χ4v) is 3.56. The van der Waals surface area contributed by atoms with Crippen LogP contribution in [0.25, 0.3) is 11.3 Å². The van der Waals surface area contributed by atoms with Crippen LogP contribution in [0.15, 0.2) is 29.6 Å². The predicted octanol–water partition coefficient (Wildman–Crippen LogP) is 0.813. The van der Waals surface area contributed by atoms with Crippen LogP contribution in [0.3, 0.4) is 0 Å². The molecule has 1 aromatic carbocycles. The summed E-state index contributed by atoms with van der Waals surface area (Å²) in [6.07, 6.45) is 0.410. The molecule has 6 nitrogen and oxygen atoms in total. The SMILES string of the molecule is NCCNS(=O)(=O)CCc1ccccc1-c1csc(N)n1. The van der Waals surface area contributed by atoms with Crippen LogP contribution in [0.1, 0.15) is 5.56 Å². The summed E-state index contributed by atoms with van der Waals surface area (Å²) in [5.74, 6) is 0.0175. The fraction of sp³-hybridized carbons (Fsp3) is 0.308. The molecule has 2 rings (SSSR count). The van der Waals surface area contributed by atoms with Crippen LogP contribution in [0, 0.1) is 0 Å². The molecule has 0 amide bonds. The number of nitrogens with two attached hydrogens (primary N) is 2. The van der Waals surface area contributed by atoms with Gasteiger partial charge >= 0.3 is 0 Å². The zero-order chi connectivity index (χ0) is 15.3. The molecule has 0 bridgehead atoms. The molecule has 0 aliphatic rings. The number of thiazole rings is 1. The van der Waals surface area contributed by atoms with E-state index in [4.69, 9.17) is 11.5 Å². The minimum absolute atomic E-state index is 0.0175. The lowest BCUT2D eigenvalue weighted by Crippen LogP contribution is -2.31. The van der Waals surface area contributed by atoms with E-state index in [2.05, 4.69) is 9.71 Å². The van der Waals surface area contributed by atoms with E-state index < -0.39 is 10.0 Å². The lowest BCUT2D eigenvalue weighted by Gasteiger charge is -2.09. The van der Waals surface area contributed by atoms with E-state index in [0.717, 1.165) is 16.8 Å². The lowest BCUT2D eigenvalue weighted by atomic mass is 10.0. The molecule has 0 spiro atoms. The minimum Gasteiger partial charge on any atom is -0.375 e. The second kappa shape index (κ2) is 6.99. The minimum atomic E-state index is -3.31. The average molecular weight is 326 g/mol. The van der Waals surface area contributed by atoms with Gasteiger partial charge in [0.1, 0.15) is 0 Å². The van der Waals surface area contributed by atoms with Crippen LogP contribution >= 0.6 is 11.3 Å². The van der Waals surface area contributed by atoms with Crippen LogP contribution in [-0.2, 0) is 16.4 Å². The van der Waals surface area contributed by atoms with Gasteiger partial charge < -0.3 is 11.5 Å². The second-order valence-corrected chi connectivity index (χ2v) is 7.30. The van der Waals surface area contributed by atoms with Crippen molar-refractivity contribution < 1.29 is 8.42 Å². The Kier molecular flexibility index (Phi) is 5.29. The van der Waals surface area contributed by atoms with E-state index in [1.807, 2.05) is 29.6 Å². The van der Waals surface area contributed by atoms with Crippen LogP contribution < -0.4 is 16.2 Å². The summed E-state index contributed by atoms with van der Waals surface area (Å²) in [4.78, 5) is 4.25. The smallest absolute Gasteiger partial charge is 0.211 e. The number of nitrogens with zero attached hydrogens (tertiary/aromatic N) is 1. The largest absolute Gasteiger partial charge is 0.375 e. The van der Waals surface area contributed by atoms with Gasteiger partial charge in [-0.1, -0.05) is 24.3 Å². The Hall–Kier alpha value is -1.48. The molecular formula is C13H18N4O2S2. The third kappa shape index (κ3) is 4.50. The van der Waals surface area contributed by atoms with Gasteiger partial charge in [0, 0.05) is 24.0 Å². The Morgan fingerprint density at radius 3 is 2.71 bits per heavy atom. The average Bonchev–Trinajstić information content (AvgIpc) is 2.90. The number of nitrogen functional groups attached to an aromatic ring is 1. The molecule has 0 unspecified atom stereocenters. The molecule has 0 fully saturated rings. The summed E-state index contributed by atoms with van der Waals surface area (Å²) >= 11 is 1.36. The number of aromatic nitrogens is 1. The van der Waals surface area contributed by atoms with E-state index in [9.17, 15) is 8.42 Å². The summed E-state index contributed by atoms with van der Waals surface area (Å²) in [6.45, 7) is 0.542. The number of aryl methyl sites for hydroxylation is 1. The summed E-state index contributed by atoms with van der Waals surface area (Å²) < 4.78 is 26.1. The third-order valence-corrected chi connectivity index (χ3v) is 4.98. The standard InChI is InChI=1S/C13H18N4O2S2/c14-6-7-16-21(18,19)8-5-10-3-1-2-4-11(10)12-9-20-13(15)17-12/h1-4,9,16H,5-8,14H2,(H2,15,17). The summed E-state index contributed by atoms with van der Waals surface area (Å²) in [6, 6.07) is 7.61. The van der Waals surface area contributed by atoms with Crippen molar-refractivity contribution in [2.75, 3.05) is 24.6 Å². The summed E-state index contributed by atoms with van der Waals surface area (Å²) in [7, 11) is -3.31. The summed E-state index contributed by atoms with van der Waals surface area (Å²) in [5.41, 5.74) is 13.6. The molecule has 0 aliphatic heterocycles. The number of nitrogens with one attached hydrogen (secondary N) is 1. The highest BCUT2D eigenvalue weighted by atomic mass is 32.2. The fourth-order valence-electron chi connectivity index (χ4n) is 1.93. The number of anilines is 1. The van der Waals surface area contributed by atoms with Gasteiger partial charge in [-0.25, -0.2) is 18.1 Å². The Labute approximate surface area is 128 Å². The van der Waals surface area contributed by atoms with Gasteiger partial charge in [-0.15, -0.1) is 11.3 Å². The number of hydrogen-bond donors (Lipinski definition) is 3. The number of hydrogen-bond acceptors (Lipinski definition) is 6. The van der Waals surface area contributed by atoms with Crippen LogP contribution in [0.5, 0.6) is 0 Å². The molecule has 1 heterocycles. The maximum absolute atomic E-state index is 11.8. The molecule has 0 saturated heterocycles. The molecule has 8 heteroatoms. The van der Waals surface area contributed by atoms with Crippen LogP contribution in [0.4, 0.5) is 5.13 Å². The van der Waals surface area contributed by atoms with Crippen LogP contribution in [0.2, 0.25) is 0 Å². The molecule has 21 heavy (non-hydrogen) atoms. The quantitative estimate of drug-likeness (QED) is 0.697. The molecule has 0 atom stereocenters. The van der Waals surface area contributed by atoms with Gasteiger partial charge in [-0.05, 0) is 12.0 Å². The number of sulfonamides is 1.